The highest BCUT2D eigenvalue weighted by Gasteiger charge is 2.68. The molecule has 9 aliphatic rings. The van der Waals surface area contributed by atoms with E-state index in [4.69, 9.17) is 52.1 Å². The normalized spacial score (nSPS) is 52.6. The lowest BCUT2D eigenvalue weighted by Gasteiger charge is -2.58. The van der Waals surface area contributed by atoms with Gasteiger partial charge in [-0.05, 0) is 98.7 Å². The number of hydrogen-bond acceptors (Lipinski definition) is 23. The zero-order valence-corrected chi connectivity index (χ0v) is 46.3. The van der Waals surface area contributed by atoms with E-state index in [2.05, 4.69) is 33.8 Å². The largest absolute Gasteiger partial charge is 0.463 e. The van der Waals surface area contributed by atoms with Gasteiger partial charge in [-0.15, -0.1) is 0 Å². The van der Waals surface area contributed by atoms with Gasteiger partial charge in [-0.3, -0.25) is 4.79 Å². The number of allylic oxidation sites excluding steroid dienone is 1. The summed E-state index contributed by atoms with van der Waals surface area (Å²) in [5, 5.41) is 118. The quantitative estimate of drug-likeness (QED) is 0.0646. The van der Waals surface area contributed by atoms with E-state index < -0.39 is 154 Å². The highest BCUT2D eigenvalue weighted by atomic mass is 16.8. The molecule has 0 bridgehead atoms. The Hall–Kier alpha value is -1.63. The van der Waals surface area contributed by atoms with Gasteiger partial charge in [-0.2, -0.15) is 0 Å². The van der Waals surface area contributed by atoms with Crippen molar-refractivity contribution in [1.29, 1.82) is 0 Å². The van der Waals surface area contributed by atoms with Crippen LogP contribution in [0.4, 0.5) is 0 Å². The molecule has 8 fully saturated rings. The van der Waals surface area contributed by atoms with E-state index in [9.17, 15) is 61.0 Å². The van der Waals surface area contributed by atoms with Gasteiger partial charge in [0.15, 0.2) is 30.9 Å². The predicted octanol–water partition coefficient (Wildman–Crippen LogP) is -0.507. The van der Waals surface area contributed by atoms with Gasteiger partial charge in [0.05, 0.1) is 44.2 Å². The number of hydrogen-bond donors (Lipinski definition) is 11. The second-order valence-electron chi connectivity index (χ2n) is 25.0. The van der Waals surface area contributed by atoms with Crippen LogP contribution in [0, 0.1) is 52.3 Å². The lowest BCUT2D eigenvalue weighted by molar-refractivity contribution is -0.375. The van der Waals surface area contributed by atoms with E-state index in [1.807, 2.05) is 0 Å². The zero-order valence-electron chi connectivity index (χ0n) is 46.3. The first kappa shape index (κ1) is 60.9. The van der Waals surface area contributed by atoms with Crippen molar-refractivity contribution in [2.75, 3.05) is 33.5 Å². The Morgan fingerprint density at radius 3 is 2.03 bits per heavy atom. The maximum absolute atomic E-state index is 11.9. The number of esters is 1. The molecule has 0 aromatic carbocycles. The van der Waals surface area contributed by atoms with E-state index in [-0.39, 0.29) is 41.5 Å². The summed E-state index contributed by atoms with van der Waals surface area (Å²) in [6, 6.07) is 0. The van der Waals surface area contributed by atoms with Crippen molar-refractivity contribution in [3.8, 4) is 0 Å². The molecule has 23 nitrogen and oxygen atoms in total. The van der Waals surface area contributed by atoms with Crippen LogP contribution < -0.4 is 0 Å². The Bertz CT molecular complexity index is 2050. The number of aliphatic hydroxyl groups is 11. The van der Waals surface area contributed by atoms with Crippen LogP contribution >= 0.6 is 0 Å². The van der Waals surface area contributed by atoms with Crippen LogP contribution in [0.1, 0.15) is 106 Å². The van der Waals surface area contributed by atoms with E-state index in [1.165, 1.54) is 5.57 Å². The van der Waals surface area contributed by atoms with E-state index in [0.717, 1.165) is 45.4 Å². The van der Waals surface area contributed by atoms with Crippen LogP contribution in [0.3, 0.4) is 0 Å². The molecule has 0 amide bonds. The summed E-state index contributed by atoms with van der Waals surface area (Å²) < 4.78 is 66.8. The summed E-state index contributed by atoms with van der Waals surface area (Å²) in [6.45, 7) is 12.0. The highest BCUT2D eigenvalue weighted by Crippen LogP contribution is 2.70. The SMILES string of the molecule is CO[C@]1(CC[C@@H](C)CO[C@@H]2O[C@@H](C)[C@H](O)[C@@H](O)[C@H]2O)O[C@H]2C[C@H]3[C@@H]4CC=C5C[C@@H](O[C@@H]6O[C@H](CO)[C@@H](O)[C@H](O[C@@H]7O[C@H](COC(C)=O)[C@@H](O)[C@H](O[C@@H]8O[C@H](CO)[C@@H](O)[C@H](O)[C@H]8O)[C@H]7C)[C@H]6O)CC[C@]5(C)[C@H]4CC[C@]3(C)[C@H]2[C@@H]1C. The molecule has 0 aromatic heterocycles. The third-order valence-corrected chi connectivity index (χ3v) is 20.4. The summed E-state index contributed by atoms with van der Waals surface area (Å²) >= 11 is 0. The minimum Gasteiger partial charge on any atom is -0.463 e. The predicted molar refractivity (Wildman–Crippen MR) is 268 cm³/mol. The van der Waals surface area contributed by atoms with E-state index in [1.54, 1.807) is 21.0 Å². The molecule has 11 N–H and O–H groups in total. The molecular formula is C55H90O23. The van der Waals surface area contributed by atoms with Crippen molar-refractivity contribution in [2.45, 2.75) is 241 Å². The average molecular weight is 1120 g/mol. The number of carbonyl (C=O) groups excluding carboxylic acids is 1. The molecule has 3 saturated carbocycles. The molecule has 0 unspecified atom stereocenters. The monoisotopic (exact) mass is 1120 g/mol. The molecule has 4 aliphatic carbocycles. The van der Waals surface area contributed by atoms with Crippen molar-refractivity contribution < 1.29 is 113 Å². The van der Waals surface area contributed by atoms with Crippen molar-refractivity contribution in [1.82, 2.24) is 0 Å². The smallest absolute Gasteiger partial charge is 0.302 e. The molecule has 0 radical (unpaired) electrons. The van der Waals surface area contributed by atoms with Gasteiger partial charge in [-0.1, -0.05) is 46.3 Å². The molecule has 0 aromatic rings. The minimum atomic E-state index is -1.81. The molecule has 31 atom stereocenters. The first-order valence-corrected chi connectivity index (χ1v) is 28.5. The first-order valence-electron chi connectivity index (χ1n) is 28.5. The second kappa shape index (κ2) is 24.2. The number of rotatable bonds is 17. The molecule has 9 rings (SSSR count). The number of methoxy groups -OCH3 is 1. The van der Waals surface area contributed by atoms with Crippen molar-refractivity contribution >= 4 is 5.97 Å². The van der Waals surface area contributed by atoms with E-state index >= 15 is 0 Å². The Balaban J connectivity index is 0.828. The Morgan fingerprint density at radius 1 is 0.718 bits per heavy atom. The number of carbonyl (C=O) groups is 1. The molecule has 5 aliphatic heterocycles. The average Bonchev–Trinajstić information content (AvgIpc) is 4.00. The van der Waals surface area contributed by atoms with Crippen molar-refractivity contribution in [3.63, 3.8) is 0 Å². The molecule has 5 heterocycles. The topological polar surface area (TPSA) is 341 Å². The molecule has 0 spiro atoms. The maximum atomic E-state index is 11.9. The fraction of sp³-hybridized carbons (Fsp3) is 0.945. The van der Waals surface area contributed by atoms with Crippen molar-refractivity contribution in [2.24, 2.45) is 52.3 Å². The summed E-state index contributed by atoms with van der Waals surface area (Å²) in [6.07, 6.45) is -17.3. The van der Waals surface area contributed by atoms with Crippen LogP contribution in [0.15, 0.2) is 11.6 Å². The minimum absolute atomic E-state index is 0.0431. The van der Waals surface area contributed by atoms with Gasteiger partial charge in [-0.25, -0.2) is 0 Å². The lowest BCUT2D eigenvalue weighted by atomic mass is 9.47. The third kappa shape index (κ3) is 11.2. The molecular weight excluding hydrogens is 1030 g/mol. The van der Waals surface area contributed by atoms with Crippen LogP contribution in [-0.2, 0) is 56.9 Å². The lowest BCUT2D eigenvalue weighted by Crippen LogP contribution is -2.65. The summed E-state index contributed by atoms with van der Waals surface area (Å²) in [5.41, 5.74) is 1.26. The second-order valence-corrected chi connectivity index (χ2v) is 25.0. The summed E-state index contributed by atoms with van der Waals surface area (Å²) in [4.78, 5) is 11.9. The van der Waals surface area contributed by atoms with Gasteiger partial charge in [0, 0.05) is 32.3 Å². The molecule has 23 heteroatoms. The number of ether oxygens (including phenoxy) is 11. The van der Waals surface area contributed by atoms with Gasteiger partial charge in [0.2, 0.25) is 0 Å². The zero-order chi connectivity index (χ0) is 56.5. The number of fused-ring (bicyclic) bond motifs is 7. The Morgan fingerprint density at radius 2 is 1.35 bits per heavy atom. The fourth-order valence-corrected chi connectivity index (χ4v) is 15.7. The van der Waals surface area contributed by atoms with E-state index in [0.29, 0.717) is 42.9 Å². The Labute approximate surface area is 456 Å². The standard InChI is InChI=1S/C55H90O23/c1-23(21-70-50-44(65)42(63)38(59)26(4)71-50)11-16-55(68-8)25(3)37-33(78-55)18-32-30-10-9-28-17-29(12-14-53(28,6)31(30)13-15-54(32,37)7)72-52-46(67)48(40(61)35(20-57)74-52)77-49-24(2)47(41(62)36(75-49)22-69-27(5)58)76-51-45(66)43(64)39(60)34(19-56)73-51/h9,23-26,29-52,56-57,59-67H,10-22H2,1-8H3/t23-,24-,25+,26+,29+,30-,31+,32+,33+,34-,35-,36-,37+,38+,39-,40-,41-,42-,43+,44-,45-,46-,47-,48+,49+,50-,51+,52-,53+,54+,55-/m1/s1. The maximum Gasteiger partial charge on any atom is 0.302 e. The Kier molecular flexibility index (Phi) is 18.9. The fourth-order valence-electron chi connectivity index (χ4n) is 15.7. The highest BCUT2D eigenvalue weighted by molar-refractivity contribution is 5.65. The van der Waals surface area contributed by atoms with Gasteiger partial charge in [0.25, 0.3) is 0 Å². The van der Waals surface area contributed by atoms with Crippen LogP contribution in [0.2, 0.25) is 0 Å². The van der Waals surface area contributed by atoms with Crippen molar-refractivity contribution in [3.05, 3.63) is 11.6 Å². The first-order chi connectivity index (χ1) is 36.9. The summed E-state index contributed by atoms with van der Waals surface area (Å²) in [5.74, 6) is -0.566. The summed E-state index contributed by atoms with van der Waals surface area (Å²) in [7, 11) is 1.74. The van der Waals surface area contributed by atoms with Gasteiger partial charge >= 0.3 is 5.97 Å². The van der Waals surface area contributed by atoms with Crippen LogP contribution in [0.25, 0.3) is 0 Å². The van der Waals surface area contributed by atoms with Gasteiger partial charge in [0.1, 0.15) is 86.0 Å². The van der Waals surface area contributed by atoms with Crippen LogP contribution in [-0.4, -0.2) is 230 Å². The molecule has 448 valence electrons. The third-order valence-electron chi connectivity index (χ3n) is 20.4. The molecule has 5 saturated heterocycles. The van der Waals surface area contributed by atoms with Gasteiger partial charge < -0.3 is 108 Å². The molecule has 78 heavy (non-hydrogen) atoms. The van der Waals surface area contributed by atoms with Crippen LogP contribution in [0.5, 0.6) is 0 Å². The number of aliphatic hydroxyl groups excluding tert-OH is 11.